The molecule has 128 valence electrons. The van der Waals surface area contributed by atoms with Gasteiger partial charge in [0.05, 0.1) is 17.1 Å². The topological polar surface area (TPSA) is 75.7 Å². The first-order valence-electron chi connectivity index (χ1n) is 7.67. The summed E-state index contributed by atoms with van der Waals surface area (Å²) in [5.41, 5.74) is 0.669. The van der Waals surface area contributed by atoms with Gasteiger partial charge in [0.2, 0.25) is 15.9 Å². The van der Waals surface area contributed by atoms with E-state index in [1.54, 1.807) is 17.9 Å². The summed E-state index contributed by atoms with van der Waals surface area (Å²) in [6, 6.07) is 3.21. The van der Waals surface area contributed by atoms with E-state index < -0.39 is 15.6 Å². The highest BCUT2D eigenvalue weighted by Crippen LogP contribution is 2.36. The van der Waals surface area contributed by atoms with Gasteiger partial charge >= 0.3 is 0 Å². The summed E-state index contributed by atoms with van der Waals surface area (Å²) in [5, 5.41) is 0. The van der Waals surface area contributed by atoms with Crippen LogP contribution in [0.3, 0.4) is 0 Å². The molecule has 0 saturated heterocycles. The van der Waals surface area contributed by atoms with Crippen LogP contribution in [0.1, 0.15) is 39.7 Å². The van der Waals surface area contributed by atoms with Crippen molar-refractivity contribution in [2.75, 3.05) is 18.1 Å². The SMILES string of the molecule is CCC(C)(C)NS(=O)(=O)c1cc2c(cc1C)N(C(C)=O)CCO2. The Bertz CT molecular complexity index is 726. The Morgan fingerprint density at radius 1 is 1.39 bits per heavy atom. The number of hydrogen-bond donors (Lipinski definition) is 1. The van der Waals surface area contributed by atoms with Crippen molar-refractivity contribution in [2.24, 2.45) is 0 Å². The Labute approximate surface area is 137 Å². The van der Waals surface area contributed by atoms with Crippen LogP contribution in [0.2, 0.25) is 0 Å². The van der Waals surface area contributed by atoms with E-state index in [1.165, 1.54) is 13.0 Å². The fourth-order valence-corrected chi connectivity index (χ4v) is 4.18. The van der Waals surface area contributed by atoms with Crippen molar-refractivity contribution in [3.05, 3.63) is 17.7 Å². The maximum absolute atomic E-state index is 12.7. The van der Waals surface area contributed by atoms with E-state index in [1.807, 2.05) is 20.8 Å². The number of nitrogens with one attached hydrogen (secondary N) is 1. The molecule has 1 aromatic rings. The number of anilines is 1. The predicted molar refractivity (Wildman–Crippen MR) is 89.4 cm³/mol. The monoisotopic (exact) mass is 340 g/mol. The van der Waals surface area contributed by atoms with Crippen molar-refractivity contribution in [1.29, 1.82) is 0 Å². The minimum Gasteiger partial charge on any atom is -0.489 e. The zero-order valence-corrected chi connectivity index (χ0v) is 15.1. The molecule has 23 heavy (non-hydrogen) atoms. The molecule has 2 rings (SSSR count). The fourth-order valence-electron chi connectivity index (χ4n) is 2.46. The Kier molecular flexibility index (Phi) is 4.73. The van der Waals surface area contributed by atoms with Gasteiger partial charge in [0.1, 0.15) is 12.4 Å². The van der Waals surface area contributed by atoms with Gasteiger partial charge < -0.3 is 9.64 Å². The number of carbonyl (C=O) groups excluding carboxylic acids is 1. The highest BCUT2D eigenvalue weighted by molar-refractivity contribution is 7.89. The van der Waals surface area contributed by atoms with Crippen LogP contribution >= 0.6 is 0 Å². The number of sulfonamides is 1. The number of benzene rings is 1. The van der Waals surface area contributed by atoms with Crippen molar-refractivity contribution in [3.63, 3.8) is 0 Å². The number of amides is 1. The van der Waals surface area contributed by atoms with E-state index in [4.69, 9.17) is 4.74 Å². The minimum absolute atomic E-state index is 0.0881. The van der Waals surface area contributed by atoms with Crippen molar-refractivity contribution in [2.45, 2.75) is 51.5 Å². The lowest BCUT2D eigenvalue weighted by atomic mass is 10.0. The number of ether oxygens (including phenoxy) is 1. The average Bonchev–Trinajstić information content (AvgIpc) is 2.44. The van der Waals surface area contributed by atoms with Crippen LogP contribution in [0.25, 0.3) is 0 Å². The fraction of sp³-hybridized carbons (Fsp3) is 0.562. The summed E-state index contributed by atoms with van der Waals surface area (Å²) in [5.74, 6) is 0.335. The number of carbonyl (C=O) groups is 1. The summed E-state index contributed by atoms with van der Waals surface area (Å²) < 4.78 is 33.6. The number of hydrogen-bond acceptors (Lipinski definition) is 4. The maximum atomic E-state index is 12.7. The van der Waals surface area contributed by atoms with Crippen LogP contribution in [0.5, 0.6) is 5.75 Å². The molecule has 1 N–H and O–H groups in total. The molecule has 0 bridgehead atoms. The van der Waals surface area contributed by atoms with Gasteiger partial charge in [-0.1, -0.05) is 6.92 Å². The Morgan fingerprint density at radius 3 is 2.61 bits per heavy atom. The third-order valence-corrected chi connectivity index (χ3v) is 5.92. The van der Waals surface area contributed by atoms with Crippen LogP contribution in [-0.4, -0.2) is 33.0 Å². The molecule has 0 aliphatic carbocycles. The molecular weight excluding hydrogens is 316 g/mol. The largest absolute Gasteiger partial charge is 0.489 e. The first kappa shape index (κ1) is 17.7. The smallest absolute Gasteiger partial charge is 0.241 e. The molecule has 0 unspecified atom stereocenters. The standard InChI is InChI=1S/C16H24N2O4S/c1-6-16(4,5)17-23(20,21)15-10-14-13(9-11(15)2)18(12(3)19)7-8-22-14/h9-10,17H,6-8H2,1-5H3. The van der Waals surface area contributed by atoms with E-state index >= 15 is 0 Å². The van der Waals surface area contributed by atoms with Gasteiger partial charge in [-0.15, -0.1) is 0 Å². The molecule has 0 aromatic heterocycles. The first-order valence-corrected chi connectivity index (χ1v) is 9.15. The van der Waals surface area contributed by atoms with E-state index in [0.29, 0.717) is 36.6 Å². The van der Waals surface area contributed by atoms with Gasteiger partial charge in [-0.3, -0.25) is 4.79 Å². The van der Waals surface area contributed by atoms with Gasteiger partial charge in [-0.2, -0.15) is 0 Å². The molecule has 0 fully saturated rings. The highest BCUT2D eigenvalue weighted by Gasteiger charge is 2.29. The van der Waals surface area contributed by atoms with Crippen molar-refractivity contribution >= 4 is 21.6 Å². The van der Waals surface area contributed by atoms with Gasteiger partial charge in [-0.05, 0) is 38.8 Å². The summed E-state index contributed by atoms with van der Waals surface area (Å²) in [6.07, 6.45) is 0.671. The molecule has 6 nitrogen and oxygen atoms in total. The molecule has 1 aliphatic rings. The maximum Gasteiger partial charge on any atom is 0.241 e. The molecule has 1 aliphatic heterocycles. The normalized spacial score (nSPS) is 15.1. The Balaban J connectivity index is 2.48. The van der Waals surface area contributed by atoms with Gasteiger partial charge in [0.15, 0.2) is 0 Å². The van der Waals surface area contributed by atoms with Crippen LogP contribution in [0.15, 0.2) is 17.0 Å². The van der Waals surface area contributed by atoms with Crippen LogP contribution < -0.4 is 14.4 Å². The second kappa shape index (κ2) is 6.13. The number of nitrogens with zero attached hydrogens (tertiary/aromatic N) is 1. The van der Waals surface area contributed by atoms with Gasteiger partial charge in [-0.25, -0.2) is 13.1 Å². The Hall–Kier alpha value is -1.60. The van der Waals surface area contributed by atoms with Crippen LogP contribution in [0, 0.1) is 6.92 Å². The molecular formula is C16H24N2O4S. The zero-order chi connectivity index (χ0) is 17.4. The molecule has 0 atom stereocenters. The number of aryl methyl sites for hydroxylation is 1. The van der Waals surface area contributed by atoms with E-state index in [-0.39, 0.29) is 10.8 Å². The second-order valence-corrected chi connectivity index (χ2v) is 8.10. The molecule has 0 saturated carbocycles. The predicted octanol–water partition coefficient (Wildman–Crippen LogP) is 2.21. The van der Waals surface area contributed by atoms with Gasteiger partial charge in [0, 0.05) is 18.5 Å². The lowest BCUT2D eigenvalue weighted by Crippen LogP contribution is -2.43. The summed E-state index contributed by atoms with van der Waals surface area (Å²) in [6.45, 7) is 9.63. The zero-order valence-electron chi connectivity index (χ0n) is 14.3. The van der Waals surface area contributed by atoms with Gasteiger partial charge in [0.25, 0.3) is 0 Å². The minimum atomic E-state index is -3.67. The molecule has 1 amide bonds. The quantitative estimate of drug-likeness (QED) is 0.912. The van der Waals surface area contributed by atoms with Crippen molar-refractivity contribution in [1.82, 2.24) is 4.72 Å². The number of rotatable bonds is 4. The molecule has 0 spiro atoms. The second-order valence-electron chi connectivity index (χ2n) is 6.45. The summed E-state index contributed by atoms with van der Waals surface area (Å²) in [7, 11) is -3.67. The van der Waals surface area contributed by atoms with Crippen LogP contribution in [0.4, 0.5) is 5.69 Å². The third kappa shape index (κ3) is 3.67. The third-order valence-electron chi connectivity index (χ3n) is 4.08. The first-order chi connectivity index (χ1) is 10.6. The lowest BCUT2D eigenvalue weighted by Gasteiger charge is -2.30. The number of fused-ring (bicyclic) bond motifs is 1. The van der Waals surface area contributed by atoms with E-state index in [9.17, 15) is 13.2 Å². The molecule has 1 aromatic carbocycles. The molecule has 0 radical (unpaired) electrons. The average molecular weight is 340 g/mol. The van der Waals surface area contributed by atoms with E-state index in [0.717, 1.165) is 0 Å². The summed E-state index contributed by atoms with van der Waals surface area (Å²) >= 11 is 0. The van der Waals surface area contributed by atoms with Crippen molar-refractivity contribution in [3.8, 4) is 5.75 Å². The molecule has 1 heterocycles. The molecule has 7 heteroatoms. The lowest BCUT2D eigenvalue weighted by molar-refractivity contribution is -0.116. The van der Waals surface area contributed by atoms with Crippen LogP contribution in [-0.2, 0) is 14.8 Å². The Morgan fingerprint density at radius 2 is 2.04 bits per heavy atom. The van der Waals surface area contributed by atoms with E-state index in [2.05, 4.69) is 4.72 Å². The highest BCUT2D eigenvalue weighted by atomic mass is 32.2. The summed E-state index contributed by atoms with van der Waals surface area (Å²) in [4.78, 5) is 13.5. The van der Waals surface area contributed by atoms with Crippen molar-refractivity contribution < 1.29 is 17.9 Å².